The van der Waals surface area contributed by atoms with Crippen LogP contribution in [0.25, 0.3) is 0 Å². The van der Waals surface area contributed by atoms with Gasteiger partial charge in [0.15, 0.2) is 0 Å². The number of nitrogens with zero attached hydrogens (tertiary/aromatic N) is 1. The van der Waals surface area contributed by atoms with Gasteiger partial charge in [-0.2, -0.15) is 0 Å². The molecule has 0 atom stereocenters. The first-order valence-corrected chi connectivity index (χ1v) is 7.55. The van der Waals surface area contributed by atoms with E-state index in [0.29, 0.717) is 12.1 Å². The van der Waals surface area contributed by atoms with Crippen LogP contribution >= 0.6 is 0 Å². The monoisotopic (exact) mass is 278 g/mol. The molecule has 0 radical (unpaired) electrons. The molecule has 0 aromatic heterocycles. The number of hydrogen-bond acceptors (Lipinski definition) is 3. The highest BCUT2D eigenvalue weighted by Gasteiger charge is 2.21. The van der Waals surface area contributed by atoms with Crippen LogP contribution in [0.5, 0.6) is 0 Å². The number of hydrogen-bond donors (Lipinski definition) is 1. The third-order valence-corrected chi connectivity index (χ3v) is 4.26. The number of halogens is 1. The van der Waals surface area contributed by atoms with Crippen LogP contribution in [0.1, 0.15) is 31.2 Å². The molecule has 2 fully saturated rings. The van der Waals surface area contributed by atoms with E-state index in [4.69, 9.17) is 4.74 Å². The topological polar surface area (TPSA) is 24.5 Å². The Balaban J connectivity index is 1.65. The quantitative estimate of drug-likeness (QED) is 0.896. The molecular formula is C16H23FN2O. The number of piperidine rings is 1. The van der Waals surface area contributed by atoms with Crippen molar-refractivity contribution in [3.05, 3.63) is 29.6 Å². The summed E-state index contributed by atoms with van der Waals surface area (Å²) in [6.45, 7) is 2.65. The molecule has 3 rings (SSSR count). The second-order valence-corrected chi connectivity index (χ2v) is 5.89. The Kier molecular flexibility index (Phi) is 4.22. The summed E-state index contributed by atoms with van der Waals surface area (Å²) in [7, 11) is 1.77. The lowest BCUT2D eigenvalue weighted by Gasteiger charge is -2.33. The minimum atomic E-state index is -0.135. The van der Waals surface area contributed by atoms with E-state index in [0.717, 1.165) is 43.7 Å². The number of methoxy groups -OCH3 is 1. The van der Waals surface area contributed by atoms with Crippen LogP contribution in [0.15, 0.2) is 18.2 Å². The minimum Gasteiger partial charge on any atom is -0.381 e. The van der Waals surface area contributed by atoms with Crippen molar-refractivity contribution in [3.63, 3.8) is 0 Å². The molecular weight excluding hydrogens is 255 g/mol. The SMILES string of the molecule is COC1CCN(c2cc(F)cc(CNC3CC3)c2)CC1. The van der Waals surface area contributed by atoms with Crippen LogP contribution in [0.2, 0.25) is 0 Å². The fourth-order valence-electron chi connectivity index (χ4n) is 2.82. The Hall–Kier alpha value is -1.13. The van der Waals surface area contributed by atoms with Gasteiger partial charge < -0.3 is 15.0 Å². The molecule has 1 N–H and O–H groups in total. The summed E-state index contributed by atoms with van der Waals surface area (Å²) < 4.78 is 19.2. The normalized spacial score (nSPS) is 20.4. The van der Waals surface area contributed by atoms with E-state index < -0.39 is 0 Å². The van der Waals surface area contributed by atoms with Gasteiger partial charge in [0.1, 0.15) is 5.82 Å². The molecule has 0 bridgehead atoms. The molecule has 1 saturated heterocycles. The second kappa shape index (κ2) is 6.10. The Labute approximate surface area is 120 Å². The van der Waals surface area contributed by atoms with Gasteiger partial charge in [-0.25, -0.2) is 4.39 Å². The Morgan fingerprint density at radius 3 is 2.60 bits per heavy atom. The maximum atomic E-state index is 13.8. The Morgan fingerprint density at radius 1 is 1.20 bits per heavy atom. The molecule has 1 heterocycles. The van der Waals surface area contributed by atoms with Gasteiger partial charge in [-0.1, -0.05) is 0 Å². The van der Waals surface area contributed by atoms with E-state index in [1.165, 1.54) is 12.8 Å². The number of benzene rings is 1. The Bertz CT molecular complexity index is 454. The maximum Gasteiger partial charge on any atom is 0.125 e. The van der Waals surface area contributed by atoms with E-state index in [9.17, 15) is 4.39 Å². The van der Waals surface area contributed by atoms with Gasteiger partial charge in [0, 0.05) is 38.5 Å². The highest BCUT2D eigenvalue weighted by molar-refractivity contribution is 5.49. The average Bonchev–Trinajstić information content (AvgIpc) is 3.29. The van der Waals surface area contributed by atoms with Gasteiger partial charge in [-0.3, -0.25) is 0 Å². The molecule has 1 aromatic rings. The van der Waals surface area contributed by atoms with E-state index in [1.54, 1.807) is 19.2 Å². The molecule has 4 heteroatoms. The predicted molar refractivity (Wildman–Crippen MR) is 78.5 cm³/mol. The van der Waals surface area contributed by atoms with Crippen molar-refractivity contribution in [1.82, 2.24) is 5.32 Å². The summed E-state index contributed by atoms with van der Waals surface area (Å²) in [4.78, 5) is 2.26. The standard InChI is InChI=1S/C16H23FN2O/c1-20-16-4-6-19(7-5-16)15-9-12(8-13(17)10-15)11-18-14-2-3-14/h8-10,14,16,18H,2-7,11H2,1H3. The van der Waals surface area contributed by atoms with E-state index in [-0.39, 0.29) is 5.82 Å². The molecule has 1 aromatic carbocycles. The van der Waals surface area contributed by atoms with Crippen LogP contribution in [0.4, 0.5) is 10.1 Å². The van der Waals surface area contributed by atoms with Crippen LogP contribution in [0, 0.1) is 5.82 Å². The van der Waals surface area contributed by atoms with Gasteiger partial charge >= 0.3 is 0 Å². The fraction of sp³-hybridized carbons (Fsp3) is 0.625. The molecule has 110 valence electrons. The van der Waals surface area contributed by atoms with Gasteiger partial charge in [0.25, 0.3) is 0 Å². The first-order valence-electron chi connectivity index (χ1n) is 7.55. The molecule has 1 aliphatic heterocycles. The molecule has 2 aliphatic rings. The van der Waals surface area contributed by atoms with E-state index in [1.807, 2.05) is 0 Å². The fourth-order valence-corrected chi connectivity index (χ4v) is 2.82. The zero-order valence-electron chi connectivity index (χ0n) is 12.1. The average molecular weight is 278 g/mol. The van der Waals surface area contributed by atoms with Gasteiger partial charge in [-0.05, 0) is 49.4 Å². The number of nitrogens with one attached hydrogen (secondary N) is 1. The van der Waals surface area contributed by atoms with Crippen LogP contribution < -0.4 is 10.2 Å². The van der Waals surface area contributed by atoms with Gasteiger partial charge in [0.2, 0.25) is 0 Å². The molecule has 0 amide bonds. The Morgan fingerprint density at radius 2 is 1.95 bits per heavy atom. The summed E-state index contributed by atoms with van der Waals surface area (Å²) in [5, 5.41) is 3.44. The summed E-state index contributed by atoms with van der Waals surface area (Å²) in [5.41, 5.74) is 2.05. The van der Waals surface area contributed by atoms with Crippen molar-refractivity contribution in [2.75, 3.05) is 25.1 Å². The summed E-state index contributed by atoms with van der Waals surface area (Å²) in [6, 6.07) is 6.05. The van der Waals surface area contributed by atoms with E-state index in [2.05, 4.69) is 16.3 Å². The van der Waals surface area contributed by atoms with Crippen molar-refractivity contribution >= 4 is 5.69 Å². The first-order chi connectivity index (χ1) is 9.74. The first kappa shape index (κ1) is 13.8. The van der Waals surface area contributed by atoms with Crippen molar-refractivity contribution in [2.24, 2.45) is 0 Å². The zero-order valence-corrected chi connectivity index (χ0v) is 12.1. The number of anilines is 1. The van der Waals surface area contributed by atoms with Crippen LogP contribution in [0.3, 0.4) is 0 Å². The van der Waals surface area contributed by atoms with Gasteiger partial charge in [0.05, 0.1) is 6.10 Å². The predicted octanol–water partition coefficient (Wildman–Crippen LogP) is 2.69. The largest absolute Gasteiger partial charge is 0.381 e. The van der Waals surface area contributed by atoms with Crippen LogP contribution in [-0.2, 0) is 11.3 Å². The van der Waals surface area contributed by atoms with Crippen molar-refractivity contribution in [3.8, 4) is 0 Å². The molecule has 1 aliphatic carbocycles. The second-order valence-electron chi connectivity index (χ2n) is 5.89. The lowest BCUT2D eigenvalue weighted by Crippen LogP contribution is -2.36. The third kappa shape index (κ3) is 3.49. The minimum absolute atomic E-state index is 0.135. The van der Waals surface area contributed by atoms with Gasteiger partial charge in [-0.15, -0.1) is 0 Å². The van der Waals surface area contributed by atoms with Crippen molar-refractivity contribution in [1.29, 1.82) is 0 Å². The highest BCUT2D eigenvalue weighted by atomic mass is 19.1. The third-order valence-electron chi connectivity index (χ3n) is 4.26. The smallest absolute Gasteiger partial charge is 0.125 e. The summed E-state index contributed by atoms with van der Waals surface area (Å²) in [6.07, 6.45) is 4.90. The zero-order chi connectivity index (χ0) is 13.9. The molecule has 0 unspecified atom stereocenters. The number of rotatable bonds is 5. The summed E-state index contributed by atoms with van der Waals surface area (Å²) >= 11 is 0. The molecule has 0 spiro atoms. The lowest BCUT2D eigenvalue weighted by molar-refractivity contribution is 0.0819. The van der Waals surface area contributed by atoms with Crippen molar-refractivity contribution in [2.45, 2.75) is 44.4 Å². The maximum absolute atomic E-state index is 13.8. The molecule has 1 saturated carbocycles. The number of ether oxygens (including phenoxy) is 1. The van der Waals surface area contributed by atoms with E-state index >= 15 is 0 Å². The van der Waals surface area contributed by atoms with Crippen molar-refractivity contribution < 1.29 is 9.13 Å². The van der Waals surface area contributed by atoms with Crippen LogP contribution in [-0.4, -0.2) is 32.3 Å². The molecule has 3 nitrogen and oxygen atoms in total. The lowest BCUT2D eigenvalue weighted by atomic mass is 10.1. The highest BCUT2D eigenvalue weighted by Crippen LogP contribution is 2.24. The molecule has 20 heavy (non-hydrogen) atoms. The summed E-state index contributed by atoms with van der Waals surface area (Å²) in [5.74, 6) is -0.135.